The molecule has 1 N–H and O–H groups in total. The van der Waals surface area contributed by atoms with Crippen LogP contribution in [0.1, 0.15) is 19.5 Å². The molecule has 11 heteroatoms. The third kappa shape index (κ3) is 4.66. The standard InChI is InChI=1S/C19H19F4N5O2/c1-11(2)14-9-27(13-4-5-15(24-8-13)19(21,22)23)18(30)28(14)10-17(29)26-16-6-3-12(20)7-25-16/h3-8,11,14H,9-10H2,1-2H3,(H,25,26,29)/t14-/m1/s1. The summed E-state index contributed by atoms with van der Waals surface area (Å²) in [6.45, 7) is 3.66. The maximum absolute atomic E-state index is 12.9. The van der Waals surface area contributed by atoms with Gasteiger partial charge in [0.25, 0.3) is 0 Å². The summed E-state index contributed by atoms with van der Waals surface area (Å²) in [5, 5.41) is 2.49. The summed E-state index contributed by atoms with van der Waals surface area (Å²) in [7, 11) is 0. The zero-order chi connectivity index (χ0) is 22.1. The summed E-state index contributed by atoms with van der Waals surface area (Å²) in [5.74, 6) is -0.958. The minimum Gasteiger partial charge on any atom is -0.310 e. The molecule has 7 nitrogen and oxygen atoms in total. The van der Waals surface area contributed by atoms with Crippen molar-refractivity contribution in [2.75, 3.05) is 23.3 Å². The molecule has 3 amide bonds. The maximum Gasteiger partial charge on any atom is 0.433 e. The first kappa shape index (κ1) is 21.5. The summed E-state index contributed by atoms with van der Waals surface area (Å²) in [4.78, 5) is 35.0. The van der Waals surface area contributed by atoms with Crippen molar-refractivity contribution in [1.82, 2.24) is 14.9 Å². The van der Waals surface area contributed by atoms with Gasteiger partial charge in [0.1, 0.15) is 23.9 Å². The van der Waals surface area contributed by atoms with Crippen molar-refractivity contribution < 1.29 is 27.2 Å². The topological polar surface area (TPSA) is 78.4 Å². The molecular formula is C19H19F4N5O2. The molecule has 0 aromatic carbocycles. The van der Waals surface area contributed by atoms with Crippen molar-refractivity contribution >= 4 is 23.4 Å². The Labute approximate surface area is 169 Å². The molecule has 2 aromatic heterocycles. The number of carbonyl (C=O) groups excluding carboxylic acids is 2. The normalized spacial score (nSPS) is 17.0. The second kappa shape index (κ2) is 8.25. The highest BCUT2D eigenvalue weighted by molar-refractivity contribution is 5.99. The van der Waals surface area contributed by atoms with Crippen LogP contribution in [0.25, 0.3) is 0 Å². The maximum atomic E-state index is 12.9. The quantitative estimate of drug-likeness (QED) is 0.744. The van der Waals surface area contributed by atoms with E-state index in [1.54, 1.807) is 0 Å². The van der Waals surface area contributed by atoms with E-state index in [4.69, 9.17) is 0 Å². The SMILES string of the molecule is CC(C)[C@H]1CN(c2ccc(C(F)(F)F)nc2)C(=O)N1CC(=O)Nc1ccc(F)cn1. The molecule has 1 saturated heterocycles. The average molecular weight is 425 g/mol. The van der Waals surface area contributed by atoms with E-state index < -0.39 is 29.6 Å². The zero-order valence-corrected chi connectivity index (χ0v) is 16.2. The van der Waals surface area contributed by atoms with Gasteiger partial charge in [-0.05, 0) is 30.2 Å². The predicted molar refractivity (Wildman–Crippen MR) is 100 cm³/mol. The van der Waals surface area contributed by atoms with E-state index in [2.05, 4.69) is 15.3 Å². The van der Waals surface area contributed by atoms with Gasteiger partial charge in [-0.1, -0.05) is 13.8 Å². The first-order chi connectivity index (χ1) is 14.1. The Balaban J connectivity index is 1.74. The summed E-state index contributed by atoms with van der Waals surface area (Å²) in [6, 6.07) is 3.56. The fraction of sp³-hybridized carbons (Fsp3) is 0.368. The van der Waals surface area contributed by atoms with Crippen LogP contribution in [0.2, 0.25) is 0 Å². The van der Waals surface area contributed by atoms with Crippen LogP contribution in [0, 0.1) is 11.7 Å². The molecule has 1 atom stereocenters. The molecule has 0 unspecified atom stereocenters. The highest BCUT2D eigenvalue weighted by atomic mass is 19.4. The zero-order valence-electron chi connectivity index (χ0n) is 16.2. The number of pyridine rings is 2. The van der Waals surface area contributed by atoms with Gasteiger partial charge in [0.05, 0.1) is 24.1 Å². The Kier molecular flexibility index (Phi) is 5.90. The van der Waals surface area contributed by atoms with Crippen molar-refractivity contribution in [3.05, 3.63) is 48.2 Å². The number of anilines is 2. The number of nitrogens with one attached hydrogen (secondary N) is 1. The lowest BCUT2D eigenvalue weighted by atomic mass is 10.0. The number of halogens is 4. The third-order valence-electron chi connectivity index (χ3n) is 4.67. The second-order valence-corrected chi connectivity index (χ2v) is 7.14. The Bertz CT molecular complexity index is 916. The molecule has 0 saturated carbocycles. The van der Waals surface area contributed by atoms with Crippen molar-refractivity contribution in [1.29, 1.82) is 0 Å². The van der Waals surface area contributed by atoms with E-state index in [0.717, 1.165) is 24.5 Å². The monoisotopic (exact) mass is 425 g/mol. The van der Waals surface area contributed by atoms with E-state index in [0.29, 0.717) is 0 Å². The first-order valence-electron chi connectivity index (χ1n) is 9.09. The second-order valence-electron chi connectivity index (χ2n) is 7.14. The van der Waals surface area contributed by atoms with Crippen LogP contribution in [-0.2, 0) is 11.0 Å². The van der Waals surface area contributed by atoms with Crippen molar-refractivity contribution in [3.63, 3.8) is 0 Å². The van der Waals surface area contributed by atoms with Crippen LogP contribution in [0.5, 0.6) is 0 Å². The predicted octanol–water partition coefficient (Wildman–Crippen LogP) is 3.54. The van der Waals surface area contributed by atoms with E-state index in [9.17, 15) is 27.2 Å². The fourth-order valence-electron chi connectivity index (χ4n) is 3.13. The Morgan fingerprint density at radius 3 is 2.47 bits per heavy atom. The number of carbonyl (C=O) groups is 2. The minimum atomic E-state index is -4.58. The van der Waals surface area contributed by atoms with E-state index in [1.165, 1.54) is 21.9 Å². The molecule has 1 aliphatic heterocycles. The van der Waals surface area contributed by atoms with Crippen LogP contribution in [0.4, 0.5) is 33.9 Å². The van der Waals surface area contributed by atoms with Crippen LogP contribution in [0.15, 0.2) is 36.7 Å². The molecule has 1 fully saturated rings. The average Bonchev–Trinajstić information content (AvgIpc) is 3.00. The number of urea groups is 1. The van der Waals surface area contributed by atoms with Gasteiger partial charge in [-0.15, -0.1) is 0 Å². The van der Waals surface area contributed by atoms with Gasteiger partial charge in [-0.2, -0.15) is 13.2 Å². The molecule has 1 aliphatic rings. The molecular weight excluding hydrogens is 406 g/mol. The summed E-state index contributed by atoms with van der Waals surface area (Å²) < 4.78 is 51.1. The highest BCUT2D eigenvalue weighted by Gasteiger charge is 2.41. The fourth-order valence-corrected chi connectivity index (χ4v) is 3.13. The Morgan fingerprint density at radius 2 is 1.93 bits per heavy atom. The molecule has 0 bridgehead atoms. The van der Waals surface area contributed by atoms with Crippen molar-refractivity contribution in [2.45, 2.75) is 26.1 Å². The third-order valence-corrected chi connectivity index (χ3v) is 4.67. The van der Waals surface area contributed by atoms with Gasteiger partial charge >= 0.3 is 12.2 Å². The largest absolute Gasteiger partial charge is 0.433 e. The van der Waals surface area contributed by atoms with Gasteiger partial charge in [0.15, 0.2) is 0 Å². The molecule has 0 radical (unpaired) electrons. The van der Waals surface area contributed by atoms with Crippen LogP contribution in [0.3, 0.4) is 0 Å². The molecule has 3 heterocycles. The van der Waals surface area contributed by atoms with Crippen LogP contribution in [-0.4, -0.2) is 45.9 Å². The lowest BCUT2D eigenvalue weighted by Gasteiger charge is -2.25. The number of nitrogens with zero attached hydrogens (tertiary/aromatic N) is 4. The van der Waals surface area contributed by atoms with E-state index >= 15 is 0 Å². The van der Waals surface area contributed by atoms with E-state index in [1.807, 2.05) is 13.8 Å². The van der Waals surface area contributed by atoms with Gasteiger partial charge < -0.3 is 10.2 Å². The lowest BCUT2D eigenvalue weighted by Crippen LogP contribution is -2.42. The molecule has 0 aliphatic carbocycles. The van der Waals surface area contributed by atoms with Crippen LogP contribution < -0.4 is 10.2 Å². The number of aromatic nitrogens is 2. The van der Waals surface area contributed by atoms with E-state index in [-0.39, 0.29) is 36.6 Å². The van der Waals surface area contributed by atoms with Gasteiger partial charge in [0, 0.05) is 6.54 Å². The van der Waals surface area contributed by atoms with Gasteiger partial charge in [-0.25, -0.2) is 19.2 Å². The van der Waals surface area contributed by atoms with Crippen molar-refractivity contribution in [2.24, 2.45) is 5.92 Å². The number of hydrogen-bond donors (Lipinski definition) is 1. The molecule has 30 heavy (non-hydrogen) atoms. The first-order valence-corrected chi connectivity index (χ1v) is 9.09. The van der Waals surface area contributed by atoms with Crippen molar-refractivity contribution in [3.8, 4) is 0 Å². The Hall–Kier alpha value is -3.24. The highest BCUT2D eigenvalue weighted by Crippen LogP contribution is 2.31. The Morgan fingerprint density at radius 1 is 1.20 bits per heavy atom. The number of rotatable bonds is 5. The summed E-state index contributed by atoms with van der Waals surface area (Å²) in [5.41, 5.74) is -0.844. The van der Waals surface area contributed by atoms with Gasteiger partial charge in [-0.3, -0.25) is 9.69 Å². The molecule has 0 spiro atoms. The molecule has 2 aromatic rings. The number of alkyl halides is 3. The summed E-state index contributed by atoms with van der Waals surface area (Å²) >= 11 is 0. The molecule has 3 rings (SSSR count). The van der Waals surface area contributed by atoms with Crippen LogP contribution >= 0.6 is 0 Å². The minimum absolute atomic E-state index is 0.0156. The number of amides is 3. The molecule has 160 valence electrons. The number of hydrogen-bond acceptors (Lipinski definition) is 4. The van der Waals surface area contributed by atoms with Gasteiger partial charge in [0.2, 0.25) is 5.91 Å². The smallest absolute Gasteiger partial charge is 0.310 e. The lowest BCUT2D eigenvalue weighted by molar-refractivity contribution is -0.141. The summed E-state index contributed by atoms with van der Waals surface area (Å²) in [6.07, 6.45) is -2.64.